The Bertz CT molecular complexity index is 1250. The normalized spacial score (nSPS) is 10.8. The van der Waals surface area contributed by atoms with Crippen molar-refractivity contribution in [2.24, 2.45) is 0 Å². The van der Waals surface area contributed by atoms with E-state index in [4.69, 9.17) is 0 Å². The predicted octanol–water partition coefficient (Wildman–Crippen LogP) is 4.68. The van der Waals surface area contributed by atoms with Gasteiger partial charge in [-0.25, -0.2) is 4.39 Å². The van der Waals surface area contributed by atoms with Gasteiger partial charge < -0.3 is 4.98 Å². The fourth-order valence-corrected chi connectivity index (χ4v) is 3.65. The van der Waals surface area contributed by atoms with Crippen molar-refractivity contribution in [3.8, 4) is 11.3 Å². The van der Waals surface area contributed by atoms with Crippen LogP contribution in [0.25, 0.3) is 22.2 Å². The van der Waals surface area contributed by atoms with Crippen molar-refractivity contribution in [2.75, 3.05) is 0 Å². The van der Waals surface area contributed by atoms with Gasteiger partial charge in [-0.15, -0.1) is 0 Å². The van der Waals surface area contributed by atoms with Crippen LogP contribution in [0.15, 0.2) is 72.8 Å². The molecule has 3 aromatic carbocycles. The lowest BCUT2D eigenvalue weighted by Crippen LogP contribution is -2.41. The van der Waals surface area contributed by atoms with E-state index in [1.807, 2.05) is 49.4 Å². The first kappa shape index (κ1) is 20.3. The van der Waals surface area contributed by atoms with E-state index in [9.17, 15) is 14.0 Å². The van der Waals surface area contributed by atoms with Gasteiger partial charge in [0, 0.05) is 28.6 Å². The summed E-state index contributed by atoms with van der Waals surface area (Å²) in [6.07, 6.45) is 0.525. The molecule has 1 heterocycles. The molecule has 2 amide bonds. The standard InChI is InChI=1S/C25H22FN3O2/c1-16-7-5-6-10-19(16)25(31)29-28-23(30)14-12-20-21-15-18(26)11-13-22(21)27-24(20)17-8-3-2-4-9-17/h2-11,13,15,27H,12,14H2,1H3,(H,28,30)(H,29,31). The highest BCUT2D eigenvalue weighted by atomic mass is 19.1. The molecule has 0 atom stereocenters. The molecule has 0 unspecified atom stereocenters. The molecule has 31 heavy (non-hydrogen) atoms. The van der Waals surface area contributed by atoms with Gasteiger partial charge in [0.1, 0.15) is 5.82 Å². The number of hydrogen-bond donors (Lipinski definition) is 3. The van der Waals surface area contributed by atoms with Crippen LogP contribution < -0.4 is 10.9 Å². The van der Waals surface area contributed by atoms with Gasteiger partial charge in [-0.1, -0.05) is 48.5 Å². The van der Waals surface area contributed by atoms with Crippen molar-refractivity contribution in [3.05, 3.63) is 95.3 Å². The second-order valence-electron chi connectivity index (χ2n) is 7.35. The molecule has 0 aliphatic heterocycles. The van der Waals surface area contributed by atoms with Crippen LogP contribution in [-0.4, -0.2) is 16.8 Å². The van der Waals surface area contributed by atoms with E-state index in [0.717, 1.165) is 33.3 Å². The number of carbonyl (C=O) groups is 2. The number of hydrogen-bond acceptors (Lipinski definition) is 2. The Morgan fingerprint density at radius 2 is 1.68 bits per heavy atom. The molecule has 0 aliphatic carbocycles. The summed E-state index contributed by atoms with van der Waals surface area (Å²) in [5.41, 5.74) is 9.74. The second-order valence-corrected chi connectivity index (χ2v) is 7.35. The zero-order valence-electron chi connectivity index (χ0n) is 17.0. The predicted molar refractivity (Wildman–Crippen MR) is 119 cm³/mol. The summed E-state index contributed by atoms with van der Waals surface area (Å²) in [4.78, 5) is 28.0. The Kier molecular flexibility index (Phi) is 5.80. The van der Waals surface area contributed by atoms with Gasteiger partial charge in [0.15, 0.2) is 0 Å². The van der Waals surface area contributed by atoms with Crippen LogP contribution in [0.5, 0.6) is 0 Å². The van der Waals surface area contributed by atoms with Crippen LogP contribution in [0.1, 0.15) is 27.9 Å². The lowest BCUT2D eigenvalue weighted by atomic mass is 10.0. The summed E-state index contributed by atoms with van der Waals surface area (Å²) in [7, 11) is 0. The molecule has 0 aliphatic rings. The van der Waals surface area contributed by atoms with Crippen LogP contribution in [-0.2, 0) is 11.2 Å². The molecule has 0 saturated heterocycles. The van der Waals surface area contributed by atoms with Crippen LogP contribution in [0.3, 0.4) is 0 Å². The third-order valence-corrected chi connectivity index (χ3v) is 5.24. The zero-order chi connectivity index (χ0) is 21.8. The van der Waals surface area contributed by atoms with Crippen LogP contribution >= 0.6 is 0 Å². The highest BCUT2D eigenvalue weighted by Crippen LogP contribution is 2.31. The van der Waals surface area contributed by atoms with Crippen molar-refractivity contribution in [1.29, 1.82) is 0 Å². The molecule has 0 bridgehead atoms. The quantitative estimate of drug-likeness (QED) is 0.414. The number of H-pyrrole nitrogens is 1. The Morgan fingerprint density at radius 1 is 0.935 bits per heavy atom. The maximum absolute atomic E-state index is 13.9. The number of aryl methyl sites for hydroxylation is 2. The zero-order valence-corrected chi connectivity index (χ0v) is 17.0. The topological polar surface area (TPSA) is 74.0 Å². The van der Waals surface area contributed by atoms with E-state index in [2.05, 4.69) is 15.8 Å². The number of benzene rings is 3. The molecule has 3 N–H and O–H groups in total. The molecule has 156 valence electrons. The molecule has 5 nitrogen and oxygen atoms in total. The molecule has 6 heteroatoms. The number of rotatable bonds is 5. The van der Waals surface area contributed by atoms with Crippen molar-refractivity contribution in [2.45, 2.75) is 19.8 Å². The Labute approximate surface area is 179 Å². The summed E-state index contributed by atoms with van der Waals surface area (Å²) in [5, 5.41) is 0.746. The molecule has 0 fully saturated rings. The van der Waals surface area contributed by atoms with Gasteiger partial charge in [0.05, 0.1) is 0 Å². The first-order chi connectivity index (χ1) is 15.0. The van der Waals surface area contributed by atoms with Crippen molar-refractivity contribution >= 4 is 22.7 Å². The fraction of sp³-hybridized carbons (Fsp3) is 0.120. The summed E-state index contributed by atoms with van der Waals surface area (Å²) < 4.78 is 13.9. The number of amides is 2. The number of nitrogens with one attached hydrogen (secondary N) is 3. The largest absolute Gasteiger partial charge is 0.354 e. The van der Waals surface area contributed by atoms with Crippen LogP contribution in [0.2, 0.25) is 0 Å². The lowest BCUT2D eigenvalue weighted by molar-refractivity contribution is -0.121. The summed E-state index contributed by atoms with van der Waals surface area (Å²) in [6.45, 7) is 1.83. The van der Waals surface area contributed by atoms with Gasteiger partial charge >= 0.3 is 0 Å². The third kappa shape index (κ3) is 4.48. The first-order valence-corrected chi connectivity index (χ1v) is 10.0. The highest BCUT2D eigenvalue weighted by molar-refractivity contribution is 5.97. The monoisotopic (exact) mass is 415 g/mol. The van der Waals surface area contributed by atoms with E-state index in [1.165, 1.54) is 12.1 Å². The number of carbonyl (C=O) groups excluding carboxylic acids is 2. The van der Waals surface area contributed by atoms with Gasteiger partial charge in [-0.3, -0.25) is 20.4 Å². The minimum absolute atomic E-state index is 0.136. The molecule has 0 saturated carbocycles. The smallest absolute Gasteiger partial charge is 0.269 e. The summed E-state index contributed by atoms with van der Waals surface area (Å²) in [6, 6.07) is 21.4. The Hall–Kier alpha value is -3.93. The van der Waals surface area contributed by atoms with Gasteiger partial charge in [0.2, 0.25) is 5.91 Å². The van der Waals surface area contributed by atoms with Crippen molar-refractivity contribution in [1.82, 2.24) is 15.8 Å². The van der Waals surface area contributed by atoms with E-state index in [0.29, 0.717) is 12.0 Å². The van der Waals surface area contributed by atoms with Crippen LogP contribution in [0, 0.1) is 12.7 Å². The van der Waals surface area contributed by atoms with Crippen LogP contribution in [0.4, 0.5) is 4.39 Å². The minimum atomic E-state index is -0.370. The third-order valence-electron chi connectivity index (χ3n) is 5.24. The summed E-state index contributed by atoms with van der Waals surface area (Å²) >= 11 is 0. The van der Waals surface area contributed by atoms with Gasteiger partial charge in [-0.05, 0) is 54.3 Å². The molecule has 1 aromatic heterocycles. The SMILES string of the molecule is Cc1ccccc1C(=O)NNC(=O)CCc1c(-c2ccccc2)[nH]c2ccc(F)cc12. The van der Waals surface area contributed by atoms with E-state index < -0.39 is 0 Å². The molecule has 4 aromatic rings. The average Bonchev–Trinajstić information content (AvgIpc) is 3.14. The molecule has 4 rings (SSSR count). The van der Waals surface area contributed by atoms with Crippen molar-refractivity contribution in [3.63, 3.8) is 0 Å². The molecule has 0 spiro atoms. The minimum Gasteiger partial charge on any atom is -0.354 e. The first-order valence-electron chi connectivity index (χ1n) is 10.0. The number of hydrazine groups is 1. The van der Waals surface area contributed by atoms with E-state index in [1.54, 1.807) is 18.2 Å². The molecular formula is C25H22FN3O2. The van der Waals surface area contributed by atoms with Gasteiger partial charge in [0.25, 0.3) is 5.91 Å². The number of aromatic nitrogens is 1. The molecular weight excluding hydrogens is 393 g/mol. The maximum atomic E-state index is 13.9. The van der Waals surface area contributed by atoms with E-state index in [-0.39, 0.29) is 24.1 Å². The maximum Gasteiger partial charge on any atom is 0.269 e. The number of halogens is 1. The number of aromatic amines is 1. The Morgan fingerprint density at radius 3 is 2.45 bits per heavy atom. The second kappa shape index (κ2) is 8.83. The van der Waals surface area contributed by atoms with Crippen molar-refractivity contribution < 1.29 is 14.0 Å². The molecule has 0 radical (unpaired) electrons. The van der Waals surface area contributed by atoms with E-state index >= 15 is 0 Å². The summed E-state index contributed by atoms with van der Waals surface area (Å²) in [5.74, 6) is -1.03. The Balaban J connectivity index is 1.49. The number of fused-ring (bicyclic) bond motifs is 1. The average molecular weight is 415 g/mol. The fourth-order valence-electron chi connectivity index (χ4n) is 3.65. The highest BCUT2D eigenvalue weighted by Gasteiger charge is 2.16. The lowest BCUT2D eigenvalue weighted by Gasteiger charge is -2.10. The van der Waals surface area contributed by atoms with Gasteiger partial charge in [-0.2, -0.15) is 0 Å².